The highest BCUT2D eigenvalue weighted by molar-refractivity contribution is 8.07. The van der Waals surface area contributed by atoms with E-state index in [-0.39, 0.29) is 0 Å². The van der Waals surface area contributed by atoms with E-state index < -0.39 is 0 Å². The molecule has 2 rings (SSSR count). The monoisotopic (exact) mass is 329 g/mol. The van der Waals surface area contributed by atoms with Crippen molar-refractivity contribution in [1.29, 1.82) is 0 Å². The number of nitrogens with one attached hydrogen (secondary N) is 1. The molecule has 1 nitrogen and oxygen atoms in total. The van der Waals surface area contributed by atoms with Gasteiger partial charge in [-0.15, -0.1) is 0 Å². The summed E-state index contributed by atoms with van der Waals surface area (Å²) >= 11 is 4.51. The van der Waals surface area contributed by atoms with E-state index in [0.29, 0.717) is 0 Å². The molecule has 0 aromatic heterocycles. The van der Waals surface area contributed by atoms with E-state index in [0.717, 1.165) is 28.4 Å². The molecule has 1 aliphatic heterocycles. The molecule has 21 heavy (non-hydrogen) atoms. The van der Waals surface area contributed by atoms with Gasteiger partial charge in [-0.3, -0.25) is 0 Å². The van der Waals surface area contributed by atoms with Gasteiger partial charge in [0.05, 0.1) is 0 Å². The van der Waals surface area contributed by atoms with Gasteiger partial charge >= 0.3 is 0 Å². The van der Waals surface area contributed by atoms with Gasteiger partial charge in [-0.2, -0.15) is 23.5 Å². The minimum Gasteiger partial charge on any atom is -0.313 e. The van der Waals surface area contributed by atoms with Gasteiger partial charge in [0.1, 0.15) is 0 Å². The first-order valence-electron chi connectivity index (χ1n) is 9.26. The third-order valence-electron chi connectivity index (χ3n) is 5.45. The molecule has 1 N–H and O–H groups in total. The second kappa shape index (κ2) is 9.72. The van der Waals surface area contributed by atoms with E-state index in [1.54, 1.807) is 0 Å². The molecule has 0 amide bonds. The van der Waals surface area contributed by atoms with Crippen LogP contribution in [0.2, 0.25) is 0 Å². The molecule has 0 bridgehead atoms. The average molecular weight is 330 g/mol. The van der Waals surface area contributed by atoms with Crippen LogP contribution in [0.4, 0.5) is 0 Å². The molecule has 0 spiro atoms. The molecular formula is C18H35NS2. The molecule has 0 aromatic carbocycles. The van der Waals surface area contributed by atoms with Crippen molar-refractivity contribution < 1.29 is 0 Å². The normalized spacial score (nSPS) is 35.6. The summed E-state index contributed by atoms with van der Waals surface area (Å²) in [5, 5.41) is 5.70. The smallest absolute Gasteiger partial charge is 0.0322 e. The van der Waals surface area contributed by atoms with Gasteiger partial charge in [-0.25, -0.2) is 0 Å². The summed E-state index contributed by atoms with van der Waals surface area (Å²) in [5.74, 6) is 4.68. The molecular weight excluding hydrogens is 294 g/mol. The van der Waals surface area contributed by atoms with E-state index in [1.165, 1.54) is 63.0 Å². The highest BCUT2D eigenvalue weighted by Crippen LogP contribution is 2.41. The Morgan fingerprint density at radius 1 is 0.952 bits per heavy atom. The summed E-state index contributed by atoms with van der Waals surface area (Å²) in [6.45, 7) is 8.27. The third-order valence-corrected chi connectivity index (χ3v) is 8.83. The van der Waals surface area contributed by atoms with Crippen molar-refractivity contribution in [3.8, 4) is 0 Å². The van der Waals surface area contributed by atoms with Crippen LogP contribution in [0.3, 0.4) is 0 Å². The lowest BCUT2D eigenvalue weighted by atomic mass is 9.76. The van der Waals surface area contributed by atoms with E-state index in [1.807, 2.05) is 0 Å². The van der Waals surface area contributed by atoms with Gasteiger partial charge in [0, 0.05) is 28.0 Å². The number of hydrogen-bond donors (Lipinski definition) is 1. The summed E-state index contributed by atoms with van der Waals surface area (Å²) < 4.78 is 0. The Bertz CT molecular complexity index is 276. The van der Waals surface area contributed by atoms with Crippen LogP contribution in [0.1, 0.15) is 65.7 Å². The molecule has 2 fully saturated rings. The Balaban J connectivity index is 1.99. The van der Waals surface area contributed by atoms with Gasteiger partial charge in [0.15, 0.2) is 0 Å². The molecule has 124 valence electrons. The third kappa shape index (κ3) is 5.07. The van der Waals surface area contributed by atoms with Crippen molar-refractivity contribution in [2.45, 2.75) is 82.3 Å². The van der Waals surface area contributed by atoms with E-state index in [4.69, 9.17) is 0 Å². The minimum absolute atomic E-state index is 0.769. The Morgan fingerprint density at radius 2 is 1.67 bits per heavy atom. The van der Waals surface area contributed by atoms with Crippen LogP contribution < -0.4 is 5.32 Å². The standard InChI is InChI=1S/C18H35NS2/c1-4-11-19-17(15-9-7-14(5-2)8-10-15)18-16(6-3)20-12-13-21-18/h14-19H,4-13H2,1-3H3. The van der Waals surface area contributed by atoms with Crippen LogP contribution in [0.15, 0.2) is 0 Å². The Kier molecular flexibility index (Phi) is 8.34. The molecule has 1 heterocycles. The first kappa shape index (κ1) is 18.0. The first-order chi connectivity index (χ1) is 10.3. The predicted molar refractivity (Wildman–Crippen MR) is 101 cm³/mol. The van der Waals surface area contributed by atoms with Crippen LogP contribution in [0.25, 0.3) is 0 Å². The lowest BCUT2D eigenvalue weighted by Crippen LogP contribution is -2.50. The fraction of sp³-hybridized carbons (Fsp3) is 1.00. The lowest BCUT2D eigenvalue weighted by molar-refractivity contribution is 0.213. The molecule has 0 radical (unpaired) electrons. The van der Waals surface area contributed by atoms with Crippen molar-refractivity contribution in [2.24, 2.45) is 11.8 Å². The summed E-state index contributed by atoms with van der Waals surface area (Å²) in [7, 11) is 0. The fourth-order valence-corrected chi connectivity index (χ4v) is 7.43. The summed E-state index contributed by atoms with van der Waals surface area (Å²) in [5.41, 5.74) is 0. The highest BCUT2D eigenvalue weighted by atomic mass is 32.2. The van der Waals surface area contributed by atoms with Gasteiger partial charge in [0.25, 0.3) is 0 Å². The Morgan fingerprint density at radius 3 is 2.29 bits per heavy atom. The van der Waals surface area contributed by atoms with E-state index in [9.17, 15) is 0 Å². The van der Waals surface area contributed by atoms with E-state index >= 15 is 0 Å². The maximum absolute atomic E-state index is 3.97. The van der Waals surface area contributed by atoms with Crippen molar-refractivity contribution in [3.63, 3.8) is 0 Å². The second-order valence-electron chi connectivity index (χ2n) is 6.82. The molecule has 1 saturated carbocycles. The van der Waals surface area contributed by atoms with Crippen molar-refractivity contribution >= 4 is 23.5 Å². The molecule has 3 heteroatoms. The zero-order chi connectivity index (χ0) is 15.1. The van der Waals surface area contributed by atoms with Crippen LogP contribution in [0, 0.1) is 11.8 Å². The zero-order valence-corrected chi connectivity index (χ0v) is 15.9. The van der Waals surface area contributed by atoms with Gasteiger partial charge in [-0.05, 0) is 44.1 Å². The van der Waals surface area contributed by atoms with Crippen LogP contribution >= 0.6 is 23.5 Å². The number of thioether (sulfide) groups is 2. The average Bonchev–Trinajstić information content (AvgIpc) is 2.56. The van der Waals surface area contributed by atoms with Crippen LogP contribution in [0.5, 0.6) is 0 Å². The summed E-state index contributed by atoms with van der Waals surface area (Å²) in [4.78, 5) is 0. The van der Waals surface area contributed by atoms with Crippen LogP contribution in [-0.2, 0) is 0 Å². The molecule has 0 aromatic rings. The molecule has 2 aliphatic rings. The topological polar surface area (TPSA) is 12.0 Å². The largest absolute Gasteiger partial charge is 0.313 e. The lowest BCUT2D eigenvalue weighted by Gasteiger charge is -2.42. The molecule has 3 unspecified atom stereocenters. The van der Waals surface area contributed by atoms with Crippen molar-refractivity contribution in [1.82, 2.24) is 5.32 Å². The van der Waals surface area contributed by atoms with Crippen LogP contribution in [-0.4, -0.2) is 34.6 Å². The van der Waals surface area contributed by atoms with Crippen molar-refractivity contribution in [2.75, 3.05) is 18.1 Å². The Hall–Kier alpha value is 0.660. The van der Waals surface area contributed by atoms with Gasteiger partial charge in [0.2, 0.25) is 0 Å². The van der Waals surface area contributed by atoms with Gasteiger partial charge in [-0.1, -0.05) is 40.0 Å². The summed E-state index contributed by atoms with van der Waals surface area (Å²) in [6.07, 6.45) is 9.90. The highest BCUT2D eigenvalue weighted by Gasteiger charge is 2.37. The van der Waals surface area contributed by atoms with Crippen molar-refractivity contribution in [3.05, 3.63) is 0 Å². The molecule has 3 atom stereocenters. The second-order valence-corrected chi connectivity index (χ2v) is 9.45. The molecule has 1 aliphatic carbocycles. The SMILES string of the molecule is CCCNC(C1CCC(CC)CC1)C1SCCSC1CC. The minimum atomic E-state index is 0.769. The predicted octanol–water partition coefficient (Wildman–Crippen LogP) is 5.20. The molecule has 1 saturated heterocycles. The quantitative estimate of drug-likeness (QED) is 0.689. The summed E-state index contributed by atoms with van der Waals surface area (Å²) in [6, 6.07) is 0.769. The number of hydrogen-bond acceptors (Lipinski definition) is 3. The first-order valence-corrected chi connectivity index (χ1v) is 11.4. The maximum atomic E-state index is 3.97. The number of rotatable bonds is 7. The Labute approximate surface area is 141 Å². The van der Waals surface area contributed by atoms with Gasteiger partial charge < -0.3 is 5.32 Å². The van der Waals surface area contributed by atoms with E-state index in [2.05, 4.69) is 49.6 Å². The fourth-order valence-electron chi connectivity index (χ4n) is 4.09. The zero-order valence-electron chi connectivity index (χ0n) is 14.3. The maximum Gasteiger partial charge on any atom is 0.0322 e.